The van der Waals surface area contributed by atoms with Crippen LogP contribution in [-0.4, -0.2) is 66.8 Å². The fourth-order valence-electron chi connectivity index (χ4n) is 3.52. The first-order chi connectivity index (χ1) is 11.6. The Morgan fingerprint density at radius 3 is 2.54 bits per heavy atom. The Kier molecular flexibility index (Phi) is 5.48. The lowest BCUT2D eigenvalue weighted by Crippen LogP contribution is -2.54. The second-order valence-corrected chi connectivity index (χ2v) is 6.73. The molecule has 5 nitrogen and oxygen atoms in total. The number of aliphatic hydroxyl groups is 1. The number of aliphatic hydroxyl groups excluding tert-OH is 1. The molecule has 2 heterocycles. The van der Waals surface area contributed by atoms with Gasteiger partial charge in [-0.1, -0.05) is 12.1 Å². The summed E-state index contributed by atoms with van der Waals surface area (Å²) < 4.78 is 18.4. The van der Waals surface area contributed by atoms with Gasteiger partial charge >= 0.3 is 0 Å². The number of piperidine rings is 1. The average Bonchev–Trinajstić information content (AvgIpc) is 2.62. The summed E-state index contributed by atoms with van der Waals surface area (Å²) in [5, 5.41) is 10.5. The van der Waals surface area contributed by atoms with Crippen molar-refractivity contribution in [3.05, 3.63) is 35.6 Å². The Morgan fingerprint density at radius 2 is 1.92 bits per heavy atom. The first-order valence-corrected chi connectivity index (χ1v) is 8.56. The molecule has 0 aromatic heterocycles. The van der Waals surface area contributed by atoms with Crippen LogP contribution in [0.15, 0.2) is 24.3 Å². The summed E-state index contributed by atoms with van der Waals surface area (Å²) in [4.78, 5) is 16.6. The quantitative estimate of drug-likeness (QED) is 0.907. The molecule has 132 valence electrons. The largest absolute Gasteiger partial charge is 0.388 e. The molecular weight excluding hydrogens is 311 g/mol. The van der Waals surface area contributed by atoms with Gasteiger partial charge < -0.3 is 14.7 Å². The van der Waals surface area contributed by atoms with Crippen LogP contribution in [-0.2, 0) is 9.53 Å². The molecule has 1 aromatic carbocycles. The van der Waals surface area contributed by atoms with Crippen LogP contribution in [0, 0.1) is 11.7 Å². The van der Waals surface area contributed by atoms with Crippen molar-refractivity contribution < 1.29 is 19.0 Å². The fraction of sp³-hybridized carbons (Fsp3) is 0.611. The Bertz CT molecular complexity index is 558. The number of amides is 1. The standard InChI is InChI=1S/C18H25FN2O3/c1-20-10-11-24-12-16(20)18(23)21-8-6-14(7-9-21)17(22)13-2-4-15(19)5-3-13/h2-5,14,16-17,22H,6-12H2,1H3/t16-,17-/m0/s1. The Morgan fingerprint density at radius 1 is 1.25 bits per heavy atom. The molecule has 2 fully saturated rings. The highest BCUT2D eigenvalue weighted by Crippen LogP contribution is 2.31. The molecule has 2 aliphatic heterocycles. The van der Waals surface area contributed by atoms with Gasteiger partial charge in [0.25, 0.3) is 0 Å². The van der Waals surface area contributed by atoms with Gasteiger partial charge in [0, 0.05) is 19.6 Å². The van der Waals surface area contributed by atoms with E-state index < -0.39 is 6.10 Å². The van der Waals surface area contributed by atoms with E-state index >= 15 is 0 Å². The van der Waals surface area contributed by atoms with Crippen LogP contribution in [0.2, 0.25) is 0 Å². The van der Waals surface area contributed by atoms with E-state index in [2.05, 4.69) is 0 Å². The van der Waals surface area contributed by atoms with E-state index in [0.29, 0.717) is 26.3 Å². The number of morpholine rings is 1. The van der Waals surface area contributed by atoms with E-state index in [1.165, 1.54) is 12.1 Å². The molecule has 0 spiro atoms. The van der Waals surface area contributed by atoms with Gasteiger partial charge in [0.1, 0.15) is 11.9 Å². The third kappa shape index (κ3) is 3.77. The van der Waals surface area contributed by atoms with Gasteiger partial charge in [-0.15, -0.1) is 0 Å². The van der Waals surface area contributed by atoms with Crippen molar-refractivity contribution in [3.63, 3.8) is 0 Å². The number of ether oxygens (including phenoxy) is 1. The minimum absolute atomic E-state index is 0.0971. The van der Waals surface area contributed by atoms with Gasteiger partial charge in [-0.3, -0.25) is 9.69 Å². The van der Waals surface area contributed by atoms with Crippen LogP contribution in [0.4, 0.5) is 4.39 Å². The monoisotopic (exact) mass is 336 g/mol. The topological polar surface area (TPSA) is 53.0 Å². The van der Waals surface area contributed by atoms with Gasteiger partial charge in [-0.2, -0.15) is 0 Å². The summed E-state index contributed by atoms with van der Waals surface area (Å²) in [6, 6.07) is 5.81. The number of likely N-dealkylation sites (N-methyl/N-ethyl adjacent to an activating group) is 1. The number of carbonyl (C=O) groups excluding carboxylic acids is 1. The Hall–Kier alpha value is -1.50. The number of rotatable bonds is 3. The predicted molar refractivity (Wildman–Crippen MR) is 87.9 cm³/mol. The molecule has 0 radical (unpaired) electrons. The summed E-state index contributed by atoms with van der Waals surface area (Å²) in [7, 11) is 1.95. The molecular formula is C18H25FN2O3. The second-order valence-electron chi connectivity index (χ2n) is 6.73. The van der Waals surface area contributed by atoms with Crippen LogP contribution in [0.25, 0.3) is 0 Å². The summed E-state index contributed by atoms with van der Waals surface area (Å²) in [5.41, 5.74) is 0.738. The van der Waals surface area contributed by atoms with E-state index in [1.54, 1.807) is 12.1 Å². The van der Waals surface area contributed by atoms with Crippen molar-refractivity contribution in [2.75, 3.05) is 39.9 Å². The number of benzene rings is 1. The molecule has 0 unspecified atom stereocenters. The van der Waals surface area contributed by atoms with E-state index in [9.17, 15) is 14.3 Å². The van der Waals surface area contributed by atoms with Crippen molar-refractivity contribution in [1.29, 1.82) is 0 Å². The Labute approximate surface area is 142 Å². The van der Waals surface area contributed by atoms with Gasteiger partial charge in [0.05, 0.1) is 19.3 Å². The summed E-state index contributed by atoms with van der Waals surface area (Å²) in [6.07, 6.45) is 0.895. The fourth-order valence-corrected chi connectivity index (χ4v) is 3.52. The third-order valence-corrected chi connectivity index (χ3v) is 5.19. The minimum atomic E-state index is -0.608. The molecule has 0 bridgehead atoms. The SMILES string of the molecule is CN1CCOC[C@H]1C(=O)N1CCC([C@@H](O)c2ccc(F)cc2)CC1. The van der Waals surface area contributed by atoms with E-state index in [4.69, 9.17) is 4.74 Å². The highest BCUT2D eigenvalue weighted by Gasteiger charge is 2.34. The van der Waals surface area contributed by atoms with Crippen LogP contribution < -0.4 is 0 Å². The zero-order valence-corrected chi connectivity index (χ0v) is 14.0. The smallest absolute Gasteiger partial charge is 0.242 e. The molecule has 1 N–H and O–H groups in total. The molecule has 1 aromatic rings. The molecule has 2 aliphatic rings. The first-order valence-electron chi connectivity index (χ1n) is 8.56. The lowest BCUT2D eigenvalue weighted by molar-refractivity contribution is -0.144. The molecule has 1 amide bonds. The van der Waals surface area contributed by atoms with Crippen molar-refractivity contribution in [3.8, 4) is 0 Å². The summed E-state index contributed by atoms with van der Waals surface area (Å²) >= 11 is 0. The average molecular weight is 336 g/mol. The molecule has 24 heavy (non-hydrogen) atoms. The molecule has 3 rings (SSSR count). The van der Waals surface area contributed by atoms with Crippen LogP contribution >= 0.6 is 0 Å². The van der Waals surface area contributed by atoms with Crippen LogP contribution in [0.5, 0.6) is 0 Å². The maximum atomic E-state index is 13.0. The lowest BCUT2D eigenvalue weighted by Gasteiger charge is -2.39. The maximum Gasteiger partial charge on any atom is 0.242 e. The molecule has 0 aliphatic carbocycles. The highest BCUT2D eigenvalue weighted by atomic mass is 19.1. The van der Waals surface area contributed by atoms with E-state index in [0.717, 1.165) is 24.9 Å². The van der Waals surface area contributed by atoms with Crippen molar-refractivity contribution in [2.45, 2.75) is 25.0 Å². The third-order valence-electron chi connectivity index (χ3n) is 5.19. The number of nitrogens with zero attached hydrogens (tertiary/aromatic N) is 2. The van der Waals surface area contributed by atoms with Crippen molar-refractivity contribution in [1.82, 2.24) is 9.80 Å². The number of hydrogen-bond acceptors (Lipinski definition) is 4. The number of carbonyl (C=O) groups is 1. The zero-order chi connectivity index (χ0) is 17.1. The molecule has 6 heteroatoms. The number of hydrogen-bond donors (Lipinski definition) is 1. The van der Waals surface area contributed by atoms with Crippen LogP contribution in [0.1, 0.15) is 24.5 Å². The van der Waals surface area contributed by atoms with Crippen molar-refractivity contribution >= 4 is 5.91 Å². The molecule has 2 saturated heterocycles. The van der Waals surface area contributed by atoms with Crippen molar-refractivity contribution in [2.24, 2.45) is 5.92 Å². The van der Waals surface area contributed by atoms with Gasteiger partial charge in [-0.25, -0.2) is 4.39 Å². The van der Waals surface area contributed by atoms with Gasteiger partial charge in [-0.05, 0) is 43.5 Å². The molecule has 0 saturated carbocycles. The van der Waals surface area contributed by atoms with E-state index in [-0.39, 0.29) is 23.7 Å². The first kappa shape index (κ1) is 17.3. The normalized spacial score (nSPS) is 24.8. The zero-order valence-electron chi connectivity index (χ0n) is 14.0. The minimum Gasteiger partial charge on any atom is -0.388 e. The van der Waals surface area contributed by atoms with E-state index in [1.807, 2.05) is 16.8 Å². The second kappa shape index (κ2) is 7.59. The molecule has 2 atom stereocenters. The van der Waals surface area contributed by atoms with Gasteiger partial charge in [0.2, 0.25) is 5.91 Å². The number of halogens is 1. The van der Waals surface area contributed by atoms with Crippen LogP contribution in [0.3, 0.4) is 0 Å². The highest BCUT2D eigenvalue weighted by molar-refractivity contribution is 5.82. The van der Waals surface area contributed by atoms with Gasteiger partial charge in [0.15, 0.2) is 0 Å². The number of likely N-dealkylation sites (tertiary alicyclic amines) is 1. The lowest BCUT2D eigenvalue weighted by atomic mass is 9.87. The summed E-state index contributed by atoms with van der Waals surface area (Å²) in [6.45, 7) is 3.19. The Balaban J connectivity index is 1.55. The predicted octanol–water partition coefficient (Wildman–Crippen LogP) is 1.43. The maximum absolute atomic E-state index is 13.0. The summed E-state index contributed by atoms with van der Waals surface area (Å²) in [5.74, 6) is -0.0862.